The number of nitrogen functional groups attached to an aromatic ring is 1. The Balaban J connectivity index is 1.51. The Morgan fingerprint density at radius 3 is 2.88 bits per heavy atom. The Morgan fingerprint density at radius 2 is 2.15 bits per heavy atom. The van der Waals surface area contributed by atoms with Crippen LogP contribution in [0, 0.1) is 5.92 Å². The number of rotatable bonds is 4. The molecule has 26 heavy (non-hydrogen) atoms. The van der Waals surface area contributed by atoms with Crippen LogP contribution in [-0.2, 0) is 11.3 Å². The van der Waals surface area contributed by atoms with Gasteiger partial charge in [-0.2, -0.15) is 0 Å². The first-order valence-electron chi connectivity index (χ1n) is 8.16. The van der Waals surface area contributed by atoms with E-state index in [0.29, 0.717) is 11.2 Å². The minimum absolute atomic E-state index is 0.0186. The van der Waals surface area contributed by atoms with E-state index in [4.69, 9.17) is 10.2 Å². The van der Waals surface area contributed by atoms with Gasteiger partial charge in [0.2, 0.25) is 5.91 Å². The van der Waals surface area contributed by atoms with Crippen molar-refractivity contribution in [3.63, 3.8) is 0 Å². The Bertz CT molecular complexity index is 1060. The first kappa shape index (κ1) is 16.1. The van der Waals surface area contributed by atoms with Gasteiger partial charge in [-0.05, 0) is 25.0 Å². The minimum Gasteiger partial charge on any atom is -0.407 e. The minimum atomic E-state index is -0.797. The molecule has 1 amide bonds. The zero-order valence-corrected chi connectivity index (χ0v) is 13.7. The Morgan fingerprint density at radius 1 is 1.35 bits per heavy atom. The van der Waals surface area contributed by atoms with E-state index in [0.717, 1.165) is 23.8 Å². The summed E-state index contributed by atoms with van der Waals surface area (Å²) in [6.07, 6.45) is 4.25. The fraction of sp³-hybridized carbons (Fsp3) is 0.312. The van der Waals surface area contributed by atoms with Crippen molar-refractivity contribution < 1.29 is 14.0 Å². The molecule has 1 aromatic carbocycles. The molecule has 0 radical (unpaired) electrons. The largest absolute Gasteiger partial charge is 0.426 e. The number of hydrogen-bond donors (Lipinski definition) is 2. The SMILES string of the molecule is Nc1ccc2c(c1)oc(=O)n2C(=O)Cn1cc(NC(=O)C2CCC2)nn1. The first-order chi connectivity index (χ1) is 12.5. The molecule has 1 aliphatic carbocycles. The molecule has 10 nitrogen and oxygen atoms in total. The van der Waals surface area contributed by atoms with Crippen molar-refractivity contribution in [2.75, 3.05) is 11.1 Å². The number of nitrogens with zero attached hydrogens (tertiary/aromatic N) is 4. The van der Waals surface area contributed by atoms with E-state index in [1.807, 2.05) is 0 Å². The van der Waals surface area contributed by atoms with Crippen LogP contribution in [0.4, 0.5) is 11.5 Å². The van der Waals surface area contributed by atoms with Gasteiger partial charge < -0.3 is 15.5 Å². The molecule has 2 heterocycles. The second-order valence-corrected chi connectivity index (χ2v) is 6.24. The van der Waals surface area contributed by atoms with E-state index in [9.17, 15) is 14.4 Å². The van der Waals surface area contributed by atoms with Crippen LogP contribution in [-0.4, -0.2) is 31.4 Å². The third kappa shape index (κ3) is 2.85. The molecular weight excluding hydrogens is 340 g/mol. The van der Waals surface area contributed by atoms with Crippen LogP contribution in [0.1, 0.15) is 24.1 Å². The summed E-state index contributed by atoms with van der Waals surface area (Å²) < 4.78 is 7.22. The summed E-state index contributed by atoms with van der Waals surface area (Å²) >= 11 is 0. The van der Waals surface area contributed by atoms with Crippen LogP contribution in [0.5, 0.6) is 0 Å². The zero-order chi connectivity index (χ0) is 18.3. The third-order valence-corrected chi connectivity index (χ3v) is 4.42. The van der Waals surface area contributed by atoms with Gasteiger partial charge in [0.25, 0.3) is 5.91 Å². The van der Waals surface area contributed by atoms with Gasteiger partial charge >= 0.3 is 5.76 Å². The highest BCUT2D eigenvalue weighted by Crippen LogP contribution is 2.27. The number of fused-ring (bicyclic) bond motifs is 1. The lowest BCUT2D eigenvalue weighted by Gasteiger charge is -2.23. The van der Waals surface area contributed by atoms with Gasteiger partial charge in [-0.3, -0.25) is 9.59 Å². The molecule has 10 heteroatoms. The molecule has 4 rings (SSSR count). The molecule has 0 spiro atoms. The van der Waals surface area contributed by atoms with Crippen LogP contribution < -0.4 is 16.8 Å². The Kier molecular flexibility index (Phi) is 3.79. The van der Waals surface area contributed by atoms with Gasteiger partial charge in [-0.1, -0.05) is 11.6 Å². The molecule has 134 valence electrons. The van der Waals surface area contributed by atoms with E-state index in [1.165, 1.54) is 16.9 Å². The molecule has 0 bridgehead atoms. The predicted molar refractivity (Wildman–Crippen MR) is 91.5 cm³/mol. The number of anilines is 2. The van der Waals surface area contributed by atoms with E-state index in [-0.39, 0.29) is 29.8 Å². The number of nitrogens with one attached hydrogen (secondary N) is 1. The molecule has 3 N–H and O–H groups in total. The molecule has 0 unspecified atom stereocenters. The van der Waals surface area contributed by atoms with Crippen molar-refractivity contribution in [1.29, 1.82) is 0 Å². The normalized spacial score (nSPS) is 14.3. The van der Waals surface area contributed by atoms with E-state index in [1.54, 1.807) is 12.1 Å². The number of amides is 1. The quantitative estimate of drug-likeness (QED) is 0.661. The fourth-order valence-corrected chi connectivity index (χ4v) is 2.81. The van der Waals surface area contributed by atoms with Crippen molar-refractivity contribution >= 4 is 34.4 Å². The van der Waals surface area contributed by atoms with Crippen LogP contribution in [0.3, 0.4) is 0 Å². The van der Waals surface area contributed by atoms with Crippen LogP contribution in [0.15, 0.2) is 33.6 Å². The van der Waals surface area contributed by atoms with Crippen molar-refractivity contribution in [3.05, 3.63) is 34.9 Å². The molecule has 0 atom stereocenters. The summed E-state index contributed by atoms with van der Waals surface area (Å²) in [6, 6.07) is 4.59. The van der Waals surface area contributed by atoms with Gasteiger partial charge in [0.05, 0.1) is 11.7 Å². The number of aromatic nitrogens is 4. The van der Waals surface area contributed by atoms with Gasteiger partial charge in [0.15, 0.2) is 11.4 Å². The topological polar surface area (TPSA) is 138 Å². The number of benzene rings is 1. The van der Waals surface area contributed by atoms with Crippen molar-refractivity contribution in [2.24, 2.45) is 5.92 Å². The molecule has 3 aromatic rings. The lowest BCUT2D eigenvalue weighted by Crippen LogP contribution is -2.28. The monoisotopic (exact) mass is 356 g/mol. The van der Waals surface area contributed by atoms with Gasteiger partial charge in [0.1, 0.15) is 6.54 Å². The number of oxazole rings is 1. The maximum absolute atomic E-state index is 12.5. The average Bonchev–Trinajstić information content (AvgIpc) is 3.07. The molecular formula is C16H16N6O4. The van der Waals surface area contributed by atoms with E-state index >= 15 is 0 Å². The zero-order valence-electron chi connectivity index (χ0n) is 13.7. The molecule has 0 saturated heterocycles. The summed E-state index contributed by atoms with van der Waals surface area (Å²) in [6.45, 7) is -0.231. The lowest BCUT2D eigenvalue weighted by molar-refractivity contribution is -0.122. The average molecular weight is 356 g/mol. The fourth-order valence-electron chi connectivity index (χ4n) is 2.81. The Hall–Kier alpha value is -3.43. The molecule has 2 aromatic heterocycles. The Labute approximate surface area is 146 Å². The van der Waals surface area contributed by atoms with Gasteiger partial charge in [-0.15, -0.1) is 5.10 Å². The van der Waals surface area contributed by atoms with Crippen molar-refractivity contribution in [2.45, 2.75) is 25.8 Å². The summed E-state index contributed by atoms with van der Waals surface area (Å²) in [5.74, 6) is -1.14. The second-order valence-electron chi connectivity index (χ2n) is 6.24. The molecule has 1 saturated carbocycles. The van der Waals surface area contributed by atoms with Crippen LogP contribution in [0.2, 0.25) is 0 Å². The number of hydrogen-bond acceptors (Lipinski definition) is 7. The lowest BCUT2D eigenvalue weighted by atomic mass is 9.85. The van der Waals surface area contributed by atoms with Crippen molar-refractivity contribution in [1.82, 2.24) is 19.6 Å². The molecule has 0 aliphatic heterocycles. The number of carbonyl (C=O) groups is 2. The van der Waals surface area contributed by atoms with Crippen LogP contribution in [0.25, 0.3) is 11.1 Å². The maximum Gasteiger partial charge on any atom is 0.426 e. The molecule has 1 fully saturated rings. The standard InChI is InChI=1S/C16H16N6O4/c17-10-4-5-11-12(6-10)26-16(25)22(11)14(23)8-21-7-13(19-20-21)18-15(24)9-2-1-3-9/h4-7,9H,1-3,8,17H2,(H,18,24). The summed E-state index contributed by atoms with van der Waals surface area (Å²) in [7, 11) is 0. The second kappa shape index (κ2) is 6.14. The third-order valence-electron chi connectivity index (χ3n) is 4.42. The number of nitrogens with two attached hydrogens (primary N) is 1. The highest BCUT2D eigenvalue weighted by molar-refractivity contribution is 5.92. The molecule has 1 aliphatic rings. The smallest absolute Gasteiger partial charge is 0.407 e. The van der Waals surface area contributed by atoms with Gasteiger partial charge in [0, 0.05) is 17.7 Å². The number of carbonyl (C=O) groups excluding carboxylic acids is 2. The maximum atomic E-state index is 12.5. The van der Waals surface area contributed by atoms with Crippen molar-refractivity contribution in [3.8, 4) is 0 Å². The van der Waals surface area contributed by atoms with Gasteiger partial charge in [-0.25, -0.2) is 14.0 Å². The highest BCUT2D eigenvalue weighted by Gasteiger charge is 2.26. The summed E-state index contributed by atoms with van der Waals surface area (Å²) in [5, 5.41) is 10.3. The summed E-state index contributed by atoms with van der Waals surface area (Å²) in [5.41, 5.74) is 6.63. The highest BCUT2D eigenvalue weighted by atomic mass is 16.4. The first-order valence-corrected chi connectivity index (χ1v) is 8.16. The van der Waals surface area contributed by atoms with Crippen LogP contribution >= 0.6 is 0 Å². The van der Waals surface area contributed by atoms with E-state index in [2.05, 4.69) is 15.6 Å². The van der Waals surface area contributed by atoms with E-state index < -0.39 is 11.7 Å². The summed E-state index contributed by atoms with van der Waals surface area (Å²) in [4.78, 5) is 36.4. The predicted octanol–water partition coefficient (Wildman–Crippen LogP) is 0.847.